The first kappa shape index (κ1) is 11.5. The van der Waals surface area contributed by atoms with Gasteiger partial charge in [0.15, 0.2) is 0 Å². The fourth-order valence-electron chi connectivity index (χ4n) is 1.97. The summed E-state index contributed by atoms with van der Waals surface area (Å²) in [7, 11) is 0. The minimum Gasteiger partial charge on any atom is -0.399 e. The summed E-state index contributed by atoms with van der Waals surface area (Å²) in [6.45, 7) is 0.784. The number of rotatable bonds is 4. The lowest BCUT2D eigenvalue weighted by atomic mass is 10.3. The Labute approximate surface area is 110 Å². The maximum atomic E-state index is 5.73. The highest BCUT2D eigenvalue weighted by atomic mass is 15.1. The Morgan fingerprint density at radius 3 is 3.00 bits per heavy atom. The van der Waals surface area contributed by atoms with Crippen molar-refractivity contribution in [3.63, 3.8) is 0 Å². The molecular formula is C14H15N5. The van der Waals surface area contributed by atoms with Crippen molar-refractivity contribution in [3.8, 4) is 0 Å². The predicted octanol–water partition coefficient (Wildman–Crippen LogP) is 2.19. The van der Waals surface area contributed by atoms with Crippen LogP contribution in [0.25, 0.3) is 11.0 Å². The molecule has 3 aromatic rings. The largest absolute Gasteiger partial charge is 0.399 e. The van der Waals surface area contributed by atoms with Crippen LogP contribution in [-0.4, -0.2) is 21.5 Å². The fourth-order valence-corrected chi connectivity index (χ4v) is 1.97. The number of H-pyrrole nitrogens is 1. The summed E-state index contributed by atoms with van der Waals surface area (Å²) in [6.07, 6.45) is 2.67. The molecule has 0 saturated carbocycles. The van der Waals surface area contributed by atoms with Crippen LogP contribution in [0, 0.1) is 0 Å². The molecule has 0 amide bonds. The van der Waals surface area contributed by atoms with Crippen molar-refractivity contribution in [2.45, 2.75) is 6.42 Å². The molecule has 5 heteroatoms. The number of imidazole rings is 1. The molecule has 0 aliphatic rings. The highest BCUT2D eigenvalue weighted by Crippen LogP contribution is 2.16. The molecule has 0 fully saturated rings. The second-order valence-corrected chi connectivity index (χ2v) is 4.36. The van der Waals surface area contributed by atoms with E-state index >= 15 is 0 Å². The SMILES string of the molecule is Nc1ccc2nc(NCCc3ccccn3)[nH]c2c1. The maximum Gasteiger partial charge on any atom is 0.201 e. The third kappa shape index (κ3) is 2.65. The third-order valence-electron chi connectivity index (χ3n) is 2.91. The molecule has 0 aliphatic carbocycles. The average molecular weight is 253 g/mol. The third-order valence-corrected chi connectivity index (χ3v) is 2.91. The van der Waals surface area contributed by atoms with Crippen molar-refractivity contribution in [3.05, 3.63) is 48.3 Å². The second-order valence-electron chi connectivity index (χ2n) is 4.36. The summed E-state index contributed by atoms with van der Waals surface area (Å²) in [4.78, 5) is 11.9. The van der Waals surface area contributed by atoms with Crippen molar-refractivity contribution in [1.29, 1.82) is 0 Å². The van der Waals surface area contributed by atoms with Crippen molar-refractivity contribution in [2.24, 2.45) is 0 Å². The zero-order valence-corrected chi connectivity index (χ0v) is 10.4. The smallest absolute Gasteiger partial charge is 0.201 e. The monoisotopic (exact) mass is 253 g/mol. The number of benzene rings is 1. The number of nitrogens with two attached hydrogens (primary N) is 1. The van der Waals surface area contributed by atoms with Gasteiger partial charge in [-0.25, -0.2) is 4.98 Å². The van der Waals surface area contributed by atoms with Gasteiger partial charge < -0.3 is 16.0 Å². The van der Waals surface area contributed by atoms with E-state index < -0.39 is 0 Å². The number of aromatic nitrogens is 3. The van der Waals surface area contributed by atoms with E-state index in [1.54, 1.807) is 6.20 Å². The summed E-state index contributed by atoms with van der Waals surface area (Å²) in [5.74, 6) is 0.761. The molecule has 2 heterocycles. The molecule has 3 rings (SSSR count). The molecule has 0 atom stereocenters. The molecule has 4 N–H and O–H groups in total. The molecular weight excluding hydrogens is 238 g/mol. The summed E-state index contributed by atoms with van der Waals surface area (Å²) < 4.78 is 0. The molecule has 0 radical (unpaired) electrons. The van der Waals surface area contributed by atoms with E-state index in [1.165, 1.54) is 0 Å². The minimum atomic E-state index is 0.733. The highest BCUT2D eigenvalue weighted by Gasteiger charge is 2.02. The molecule has 0 aliphatic heterocycles. The Bertz CT molecular complexity index is 675. The predicted molar refractivity (Wildman–Crippen MR) is 76.9 cm³/mol. The number of pyridine rings is 1. The molecule has 5 nitrogen and oxygen atoms in total. The molecule has 96 valence electrons. The molecule has 0 bridgehead atoms. The quantitative estimate of drug-likeness (QED) is 0.623. The van der Waals surface area contributed by atoms with Gasteiger partial charge in [0.05, 0.1) is 11.0 Å². The van der Waals surface area contributed by atoms with E-state index in [0.29, 0.717) is 0 Å². The Morgan fingerprint density at radius 1 is 1.21 bits per heavy atom. The first-order valence-electron chi connectivity index (χ1n) is 6.20. The van der Waals surface area contributed by atoms with Crippen LogP contribution in [0.4, 0.5) is 11.6 Å². The molecule has 0 spiro atoms. The number of fused-ring (bicyclic) bond motifs is 1. The minimum absolute atomic E-state index is 0.733. The van der Waals surface area contributed by atoms with Gasteiger partial charge in [-0.1, -0.05) is 6.07 Å². The average Bonchev–Trinajstić information content (AvgIpc) is 2.82. The molecule has 1 aromatic carbocycles. The van der Waals surface area contributed by atoms with Gasteiger partial charge in [0, 0.05) is 30.5 Å². The number of hydrogen-bond acceptors (Lipinski definition) is 4. The lowest BCUT2D eigenvalue weighted by molar-refractivity contribution is 0.950. The van der Waals surface area contributed by atoms with Crippen molar-refractivity contribution in [2.75, 3.05) is 17.6 Å². The van der Waals surface area contributed by atoms with E-state index in [1.807, 2.05) is 36.4 Å². The van der Waals surface area contributed by atoms with Gasteiger partial charge in [-0.2, -0.15) is 0 Å². The Balaban J connectivity index is 1.65. The molecule has 19 heavy (non-hydrogen) atoms. The number of nitrogens with zero attached hydrogens (tertiary/aromatic N) is 2. The first-order valence-corrected chi connectivity index (χ1v) is 6.20. The normalized spacial score (nSPS) is 10.7. The van der Waals surface area contributed by atoms with Crippen LogP contribution in [0.3, 0.4) is 0 Å². The fraction of sp³-hybridized carbons (Fsp3) is 0.143. The summed E-state index contributed by atoms with van der Waals surface area (Å²) in [5, 5.41) is 3.25. The van der Waals surface area contributed by atoms with E-state index in [4.69, 9.17) is 5.73 Å². The van der Waals surface area contributed by atoms with Crippen molar-refractivity contribution in [1.82, 2.24) is 15.0 Å². The summed E-state index contributed by atoms with van der Waals surface area (Å²) >= 11 is 0. The lowest BCUT2D eigenvalue weighted by Gasteiger charge is -2.01. The first-order chi connectivity index (χ1) is 9.31. The van der Waals surface area contributed by atoms with Gasteiger partial charge >= 0.3 is 0 Å². The van der Waals surface area contributed by atoms with Gasteiger partial charge in [-0.15, -0.1) is 0 Å². The van der Waals surface area contributed by atoms with Crippen LogP contribution in [0.5, 0.6) is 0 Å². The van der Waals surface area contributed by atoms with Crippen LogP contribution in [0.15, 0.2) is 42.6 Å². The zero-order valence-electron chi connectivity index (χ0n) is 10.4. The van der Waals surface area contributed by atoms with Crippen LogP contribution >= 0.6 is 0 Å². The zero-order chi connectivity index (χ0) is 13.1. The standard InChI is InChI=1S/C14H15N5/c15-10-4-5-12-13(9-10)19-14(18-12)17-8-6-11-3-1-2-7-16-11/h1-5,7,9H,6,8,15H2,(H2,17,18,19). The molecule has 0 unspecified atom stereocenters. The summed E-state index contributed by atoms with van der Waals surface area (Å²) in [5.41, 5.74) is 9.39. The molecule has 0 saturated heterocycles. The maximum absolute atomic E-state index is 5.73. The van der Waals surface area contributed by atoms with Gasteiger partial charge in [-0.05, 0) is 30.3 Å². The van der Waals surface area contributed by atoms with Gasteiger partial charge in [0.25, 0.3) is 0 Å². The van der Waals surface area contributed by atoms with E-state index in [0.717, 1.165) is 41.3 Å². The van der Waals surface area contributed by atoms with Gasteiger partial charge in [0.1, 0.15) is 0 Å². The number of nitrogens with one attached hydrogen (secondary N) is 2. The van der Waals surface area contributed by atoms with E-state index in [2.05, 4.69) is 20.3 Å². The molecule has 2 aromatic heterocycles. The van der Waals surface area contributed by atoms with Crippen molar-refractivity contribution < 1.29 is 0 Å². The Hall–Kier alpha value is -2.56. The van der Waals surface area contributed by atoms with Crippen LogP contribution in [-0.2, 0) is 6.42 Å². The number of hydrogen-bond donors (Lipinski definition) is 3. The van der Waals surface area contributed by atoms with Crippen LogP contribution in [0.2, 0.25) is 0 Å². The number of aromatic amines is 1. The van der Waals surface area contributed by atoms with Crippen molar-refractivity contribution >= 4 is 22.7 Å². The van der Waals surface area contributed by atoms with E-state index in [-0.39, 0.29) is 0 Å². The van der Waals surface area contributed by atoms with E-state index in [9.17, 15) is 0 Å². The lowest BCUT2D eigenvalue weighted by Crippen LogP contribution is -2.06. The number of nitrogen functional groups attached to an aromatic ring is 1. The van der Waals surface area contributed by atoms with Gasteiger partial charge in [-0.3, -0.25) is 4.98 Å². The second kappa shape index (κ2) is 4.97. The van der Waals surface area contributed by atoms with Gasteiger partial charge in [0.2, 0.25) is 5.95 Å². The number of anilines is 2. The van der Waals surface area contributed by atoms with Crippen LogP contribution in [0.1, 0.15) is 5.69 Å². The highest BCUT2D eigenvalue weighted by molar-refractivity contribution is 5.80. The Morgan fingerprint density at radius 2 is 2.16 bits per heavy atom. The van der Waals surface area contributed by atoms with Crippen LogP contribution < -0.4 is 11.1 Å². The topological polar surface area (TPSA) is 79.6 Å². The Kier molecular flexibility index (Phi) is 3.02. The summed E-state index contributed by atoms with van der Waals surface area (Å²) in [6, 6.07) is 11.6.